The van der Waals surface area contributed by atoms with Gasteiger partial charge >= 0.3 is 0 Å². The number of nitrogens with zero attached hydrogens (tertiary/aromatic N) is 1. The van der Waals surface area contributed by atoms with Crippen LogP contribution in [0.25, 0.3) is 0 Å². The predicted molar refractivity (Wildman–Crippen MR) is 75.1 cm³/mol. The van der Waals surface area contributed by atoms with Crippen LogP contribution in [-0.2, 0) is 0 Å². The molecule has 0 radical (unpaired) electrons. The highest BCUT2D eigenvalue weighted by atomic mass is 16.6. The molecular formula is C14H16N2O4. The number of benzene rings is 1. The highest BCUT2D eigenvalue weighted by molar-refractivity contribution is 5.61. The molecule has 0 aliphatic heterocycles. The van der Waals surface area contributed by atoms with Crippen LogP contribution >= 0.6 is 0 Å². The number of aryl methyl sites for hydroxylation is 1. The van der Waals surface area contributed by atoms with Crippen molar-refractivity contribution in [3.05, 3.63) is 52.0 Å². The Morgan fingerprint density at radius 1 is 1.35 bits per heavy atom. The largest absolute Gasteiger partial charge is 0.494 e. The first-order valence-corrected chi connectivity index (χ1v) is 6.16. The van der Waals surface area contributed by atoms with Gasteiger partial charge < -0.3 is 14.5 Å². The summed E-state index contributed by atoms with van der Waals surface area (Å²) in [5.74, 6) is 2.06. The van der Waals surface area contributed by atoms with Crippen molar-refractivity contribution < 1.29 is 14.1 Å². The molecule has 0 saturated heterocycles. The smallest absolute Gasteiger partial charge is 0.273 e. The number of nitro groups is 1. The van der Waals surface area contributed by atoms with Gasteiger partial charge in [-0.25, -0.2) is 0 Å². The Balaban J connectivity index is 2.22. The van der Waals surface area contributed by atoms with Crippen LogP contribution in [0.1, 0.15) is 24.5 Å². The number of non-ortho nitro benzene ring substituents is 1. The zero-order valence-corrected chi connectivity index (χ0v) is 11.5. The van der Waals surface area contributed by atoms with Gasteiger partial charge in [0.05, 0.1) is 29.8 Å². The first-order valence-electron chi connectivity index (χ1n) is 6.16. The SMILES string of the molecule is COc1cc([N+](=O)[O-])ccc1NC(C)c1ccc(C)o1. The van der Waals surface area contributed by atoms with Crippen LogP contribution in [0, 0.1) is 17.0 Å². The Kier molecular flexibility index (Phi) is 3.93. The number of furan rings is 1. The molecule has 2 aromatic rings. The van der Waals surface area contributed by atoms with Gasteiger partial charge in [-0.05, 0) is 32.0 Å². The summed E-state index contributed by atoms with van der Waals surface area (Å²) < 4.78 is 10.7. The first kappa shape index (κ1) is 13.9. The van der Waals surface area contributed by atoms with Gasteiger partial charge in [0.2, 0.25) is 0 Å². The summed E-state index contributed by atoms with van der Waals surface area (Å²) in [6.07, 6.45) is 0. The molecule has 0 aliphatic carbocycles. The average molecular weight is 276 g/mol. The topological polar surface area (TPSA) is 77.5 Å². The monoisotopic (exact) mass is 276 g/mol. The Morgan fingerprint density at radius 2 is 2.10 bits per heavy atom. The van der Waals surface area contributed by atoms with Crippen molar-refractivity contribution in [2.45, 2.75) is 19.9 Å². The van der Waals surface area contributed by atoms with E-state index in [4.69, 9.17) is 9.15 Å². The summed E-state index contributed by atoms with van der Waals surface area (Å²) in [5, 5.41) is 14.0. The van der Waals surface area contributed by atoms with Crippen LogP contribution in [-0.4, -0.2) is 12.0 Å². The van der Waals surface area contributed by atoms with Crippen molar-refractivity contribution in [2.75, 3.05) is 12.4 Å². The number of hydrogen-bond acceptors (Lipinski definition) is 5. The van der Waals surface area contributed by atoms with E-state index >= 15 is 0 Å². The summed E-state index contributed by atoms with van der Waals surface area (Å²) in [5.41, 5.74) is 0.675. The van der Waals surface area contributed by atoms with Gasteiger partial charge in [0.1, 0.15) is 17.3 Å². The molecule has 0 aliphatic rings. The predicted octanol–water partition coefficient (Wildman–Crippen LogP) is 3.68. The molecule has 2 rings (SSSR count). The van der Waals surface area contributed by atoms with Crippen LogP contribution in [0.2, 0.25) is 0 Å². The number of nitro benzene ring substituents is 1. The van der Waals surface area contributed by atoms with Crippen LogP contribution in [0.4, 0.5) is 11.4 Å². The van der Waals surface area contributed by atoms with E-state index in [1.165, 1.54) is 19.2 Å². The molecule has 0 saturated carbocycles. The molecule has 1 unspecified atom stereocenters. The number of rotatable bonds is 5. The van der Waals surface area contributed by atoms with Gasteiger partial charge in [-0.3, -0.25) is 10.1 Å². The van der Waals surface area contributed by atoms with Gasteiger partial charge in [-0.2, -0.15) is 0 Å². The lowest BCUT2D eigenvalue weighted by atomic mass is 10.2. The molecule has 0 bridgehead atoms. The van der Waals surface area contributed by atoms with Crippen LogP contribution in [0.15, 0.2) is 34.7 Å². The van der Waals surface area contributed by atoms with Crippen molar-refractivity contribution in [3.63, 3.8) is 0 Å². The minimum absolute atomic E-state index is 0.00565. The lowest BCUT2D eigenvalue weighted by Crippen LogP contribution is -2.07. The van der Waals surface area contributed by atoms with Crippen molar-refractivity contribution in [3.8, 4) is 5.75 Å². The molecule has 1 aromatic carbocycles. The highest BCUT2D eigenvalue weighted by Crippen LogP contribution is 2.32. The number of nitrogens with one attached hydrogen (secondary N) is 1. The minimum atomic E-state index is -0.453. The number of ether oxygens (including phenoxy) is 1. The van der Waals surface area contributed by atoms with Crippen molar-refractivity contribution in [2.24, 2.45) is 0 Å². The van der Waals surface area contributed by atoms with Gasteiger partial charge in [0, 0.05) is 6.07 Å². The lowest BCUT2D eigenvalue weighted by Gasteiger charge is -2.15. The lowest BCUT2D eigenvalue weighted by molar-refractivity contribution is -0.384. The zero-order chi connectivity index (χ0) is 14.7. The third kappa shape index (κ3) is 2.90. The van der Waals surface area contributed by atoms with Gasteiger partial charge in [0.15, 0.2) is 0 Å². The molecule has 20 heavy (non-hydrogen) atoms. The van der Waals surface area contributed by atoms with Gasteiger partial charge in [0.25, 0.3) is 5.69 Å². The maximum atomic E-state index is 10.7. The fraction of sp³-hybridized carbons (Fsp3) is 0.286. The van der Waals surface area contributed by atoms with E-state index in [-0.39, 0.29) is 11.7 Å². The number of hydrogen-bond donors (Lipinski definition) is 1. The van der Waals surface area contributed by atoms with Crippen LogP contribution in [0.3, 0.4) is 0 Å². The van der Waals surface area contributed by atoms with E-state index < -0.39 is 4.92 Å². The second-order valence-electron chi connectivity index (χ2n) is 4.46. The highest BCUT2D eigenvalue weighted by Gasteiger charge is 2.15. The van der Waals surface area contributed by atoms with E-state index in [1.54, 1.807) is 6.07 Å². The fourth-order valence-electron chi connectivity index (χ4n) is 1.90. The van der Waals surface area contributed by atoms with E-state index in [2.05, 4.69) is 5.32 Å². The molecule has 1 heterocycles. The summed E-state index contributed by atoms with van der Waals surface area (Å²) in [7, 11) is 1.48. The molecule has 6 heteroatoms. The molecular weight excluding hydrogens is 260 g/mol. The molecule has 6 nitrogen and oxygen atoms in total. The summed E-state index contributed by atoms with van der Waals surface area (Å²) in [6, 6.07) is 8.17. The zero-order valence-electron chi connectivity index (χ0n) is 11.5. The Morgan fingerprint density at radius 3 is 2.65 bits per heavy atom. The molecule has 106 valence electrons. The van der Waals surface area contributed by atoms with Gasteiger partial charge in [-0.1, -0.05) is 0 Å². The number of anilines is 1. The van der Waals surface area contributed by atoms with Crippen molar-refractivity contribution >= 4 is 11.4 Å². The van der Waals surface area contributed by atoms with E-state index in [0.717, 1.165) is 11.5 Å². The molecule has 0 spiro atoms. The van der Waals surface area contributed by atoms with Crippen LogP contribution in [0.5, 0.6) is 5.75 Å². The molecule has 0 amide bonds. The fourth-order valence-corrected chi connectivity index (χ4v) is 1.90. The van der Waals surface area contributed by atoms with E-state index in [9.17, 15) is 10.1 Å². The normalized spacial score (nSPS) is 11.9. The Labute approximate surface area is 116 Å². The second-order valence-corrected chi connectivity index (χ2v) is 4.46. The molecule has 0 fully saturated rings. The Hall–Kier alpha value is -2.50. The van der Waals surface area contributed by atoms with Crippen molar-refractivity contribution in [1.29, 1.82) is 0 Å². The van der Waals surface area contributed by atoms with Crippen LogP contribution < -0.4 is 10.1 Å². The van der Waals surface area contributed by atoms with E-state index in [0.29, 0.717) is 11.4 Å². The Bertz CT molecular complexity index is 621. The second kappa shape index (κ2) is 5.64. The average Bonchev–Trinajstić information content (AvgIpc) is 2.85. The summed E-state index contributed by atoms with van der Waals surface area (Å²) in [4.78, 5) is 10.3. The summed E-state index contributed by atoms with van der Waals surface area (Å²) >= 11 is 0. The van der Waals surface area contributed by atoms with Crippen molar-refractivity contribution in [1.82, 2.24) is 0 Å². The maximum Gasteiger partial charge on any atom is 0.273 e. The molecule has 1 atom stereocenters. The quantitative estimate of drug-likeness (QED) is 0.665. The molecule has 1 N–H and O–H groups in total. The van der Waals surface area contributed by atoms with Gasteiger partial charge in [-0.15, -0.1) is 0 Å². The minimum Gasteiger partial charge on any atom is -0.494 e. The third-order valence-electron chi connectivity index (χ3n) is 2.96. The van der Waals surface area contributed by atoms with E-state index in [1.807, 2.05) is 26.0 Å². The number of methoxy groups -OCH3 is 1. The summed E-state index contributed by atoms with van der Waals surface area (Å²) in [6.45, 7) is 3.82. The standard InChI is InChI=1S/C14H16N2O4/c1-9-4-7-13(20-9)10(2)15-12-6-5-11(16(17)18)8-14(12)19-3/h4-8,10,15H,1-3H3. The maximum absolute atomic E-state index is 10.7. The third-order valence-corrected chi connectivity index (χ3v) is 2.96. The molecule has 1 aromatic heterocycles. The first-order chi connectivity index (χ1) is 9.51.